The Labute approximate surface area is 160 Å². The lowest BCUT2D eigenvalue weighted by Gasteiger charge is -2.48. The average molecular weight is 372 g/mol. The Morgan fingerprint density at radius 3 is 2.62 bits per heavy atom. The monoisotopic (exact) mass is 371 g/mol. The molecule has 0 saturated carbocycles. The van der Waals surface area contributed by atoms with Crippen molar-refractivity contribution in [3.8, 4) is 10.6 Å². The van der Waals surface area contributed by atoms with E-state index in [-0.39, 0.29) is 5.54 Å². The molecule has 2 fully saturated rings. The molecule has 2 aliphatic rings. The second-order valence-corrected chi connectivity index (χ2v) is 8.60. The fourth-order valence-corrected chi connectivity index (χ4v) is 5.13. The predicted molar refractivity (Wildman–Crippen MR) is 107 cm³/mol. The van der Waals surface area contributed by atoms with Crippen LogP contribution in [0.1, 0.15) is 37.0 Å². The molecule has 0 spiro atoms. The van der Waals surface area contributed by atoms with Gasteiger partial charge in [0.15, 0.2) is 0 Å². The topological polar surface area (TPSA) is 37.4 Å². The molecule has 1 aromatic carbocycles. The molecule has 0 unspecified atom stereocenters. The van der Waals surface area contributed by atoms with E-state index in [1.54, 1.807) is 11.3 Å². The summed E-state index contributed by atoms with van der Waals surface area (Å²) in [4.78, 5) is 8.66. The van der Waals surface area contributed by atoms with E-state index in [1.807, 2.05) is 12.3 Å². The minimum atomic E-state index is 0.283. The number of hydrogen-bond acceptors (Lipinski definition) is 5. The summed E-state index contributed by atoms with van der Waals surface area (Å²) in [5.74, 6) is 0. The van der Waals surface area contributed by atoms with E-state index < -0.39 is 0 Å². The fourth-order valence-electron chi connectivity index (χ4n) is 4.25. The van der Waals surface area contributed by atoms with Crippen LogP contribution in [0.4, 0.5) is 0 Å². The zero-order chi connectivity index (χ0) is 17.7. The molecule has 2 aromatic rings. The number of ether oxygens (including phenoxy) is 1. The normalized spacial score (nSPS) is 20.9. The number of nitrogens with zero attached hydrogens (tertiary/aromatic N) is 2. The molecule has 0 amide bonds. The molecular formula is C21H29N3OS. The quantitative estimate of drug-likeness (QED) is 0.835. The lowest BCUT2D eigenvalue weighted by Crippen LogP contribution is -2.59. The van der Waals surface area contributed by atoms with Gasteiger partial charge < -0.3 is 10.1 Å². The number of nitrogens with one attached hydrogen (secondary N) is 1. The number of likely N-dealkylation sites (tertiary alicyclic amines) is 1. The molecule has 2 saturated heterocycles. The molecular weight excluding hydrogens is 342 g/mol. The van der Waals surface area contributed by atoms with Crippen molar-refractivity contribution in [3.63, 3.8) is 0 Å². The highest BCUT2D eigenvalue weighted by molar-refractivity contribution is 7.15. The van der Waals surface area contributed by atoms with Gasteiger partial charge in [0.05, 0.1) is 0 Å². The van der Waals surface area contributed by atoms with Gasteiger partial charge in [-0.25, -0.2) is 4.98 Å². The van der Waals surface area contributed by atoms with Gasteiger partial charge in [-0.05, 0) is 38.8 Å². The minimum absolute atomic E-state index is 0.283. The highest BCUT2D eigenvalue weighted by Gasteiger charge is 2.38. The summed E-state index contributed by atoms with van der Waals surface area (Å²) in [5, 5.41) is 4.86. The first kappa shape index (κ1) is 18.1. The Bertz CT molecular complexity index is 676. The molecule has 140 valence electrons. The summed E-state index contributed by atoms with van der Waals surface area (Å²) in [7, 11) is 0. The molecule has 4 nitrogen and oxygen atoms in total. The Morgan fingerprint density at radius 1 is 1.08 bits per heavy atom. The van der Waals surface area contributed by atoms with Crippen molar-refractivity contribution in [2.24, 2.45) is 0 Å². The van der Waals surface area contributed by atoms with Gasteiger partial charge in [0.25, 0.3) is 0 Å². The van der Waals surface area contributed by atoms with E-state index in [9.17, 15) is 0 Å². The molecule has 2 aliphatic heterocycles. The third-order valence-corrected chi connectivity index (χ3v) is 6.82. The standard InChI is InChI=1S/C21H29N3OS/c1-3-7-18(8-4-1)20-23-16-19(26-20)15-22-17-21(9-13-25-14-10-21)24-11-5-2-6-12-24/h1,3-4,7-8,16,22H,2,5-6,9-15,17H2. The van der Waals surface area contributed by atoms with E-state index in [0.29, 0.717) is 0 Å². The first-order chi connectivity index (χ1) is 12.9. The molecule has 0 aliphatic carbocycles. The van der Waals surface area contributed by atoms with Gasteiger partial charge in [0.1, 0.15) is 5.01 Å². The molecule has 1 N–H and O–H groups in total. The Kier molecular flexibility index (Phi) is 6.00. The average Bonchev–Trinajstić information content (AvgIpc) is 3.19. The van der Waals surface area contributed by atoms with E-state index in [0.717, 1.165) is 44.2 Å². The second-order valence-electron chi connectivity index (χ2n) is 7.49. The Hall–Kier alpha value is -1.27. The van der Waals surface area contributed by atoms with Crippen molar-refractivity contribution in [2.45, 2.75) is 44.2 Å². The lowest BCUT2D eigenvalue weighted by molar-refractivity contribution is -0.0357. The maximum atomic E-state index is 5.67. The number of thiazole rings is 1. The van der Waals surface area contributed by atoms with Gasteiger partial charge in [-0.2, -0.15) is 0 Å². The van der Waals surface area contributed by atoms with Gasteiger partial charge in [0, 0.05) is 48.5 Å². The summed E-state index contributed by atoms with van der Waals surface area (Å²) in [5.41, 5.74) is 1.49. The van der Waals surface area contributed by atoms with Gasteiger partial charge in [-0.1, -0.05) is 36.8 Å². The van der Waals surface area contributed by atoms with Crippen LogP contribution >= 0.6 is 11.3 Å². The van der Waals surface area contributed by atoms with Gasteiger partial charge >= 0.3 is 0 Å². The number of piperidine rings is 1. The van der Waals surface area contributed by atoms with Crippen molar-refractivity contribution in [1.29, 1.82) is 0 Å². The number of hydrogen-bond donors (Lipinski definition) is 1. The van der Waals surface area contributed by atoms with Crippen molar-refractivity contribution in [3.05, 3.63) is 41.4 Å². The minimum Gasteiger partial charge on any atom is -0.381 e. The predicted octanol–water partition coefficient (Wildman–Crippen LogP) is 3.93. The molecule has 26 heavy (non-hydrogen) atoms. The van der Waals surface area contributed by atoms with Crippen molar-refractivity contribution >= 4 is 11.3 Å². The van der Waals surface area contributed by atoms with Crippen LogP contribution in [0.5, 0.6) is 0 Å². The van der Waals surface area contributed by atoms with E-state index in [2.05, 4.69) is 39.5 Å². The zero-order valence-electron chi connectivity index (χ0n) is 15.5. The van der Waals surface area contributed by atoms with E-state index >= 15 is 0 Å². The fraction of sp³-hybridized carbons (Fsp3) is 0.571. The molecule has 0 radical (unpaired) electrons. The first-order valence-corrected chi connectivity index (χ1v) is 10.7. The van der Waals surface area contributed by atoms with E-state index in [1.165, 1.54) is 42.8 Å². The second kappa shape index (κ2) is 8.61. The van der Waals surface area contributed by atoms with Gasteiger partial charge in [-0.15, -0.1) is 11.3 Å². The molecule has 4 rings (SSSR count). The number of benzene rings is 1. The van der Waals surface area contributed by atoms with Crippen LogP contribution in [0.2, 0.25) is 0 Å². The zero-order valence-corrected chi connectivity index (χ0v) is 16.3. The number of aromatic nitrogens is 1. The van der Waals surface area contributed by atoms with Crippen LogP contribution in [0.3, 0.4) is 0 Å². The molecule has 0 atom stereocenters. The Balaban J connectivity index is 1.37. The van der Waals surface area contributed by atoms with Crippen molar-refractivity contribution in [2.75, 3.05) is 32.8 Å². The number of rotatable bonds is 6. The van der Waals surface area contributed by atoms with Gasteiger partial charge in [0.2, 0.25) is 0 Å². The lowest BCUT2D eigenvalue weighted by atomic mass is 9.86. The summed E-state index contributed by atoms with van der Waals surface area (Å²) in [6.45, 7) is 6.25. The van der Waals surface area contributed by atoms with Crippen LogP contribution in [0.25, 0.3) is 10.6 Å². The summed E-state index contributed by atoms with van der Waals surface area (Å²) < 4.78 is 5.67. The maximum Gasteiger partial charge on any atom is 0.123 e. The molecule has 5 heteroatoms. The maximum absolute atomic E-state index is 5.67. The third-order valence-electron chi connectivity index (χ3n) is 5.78. The van der Waals surface area contributed by atoms with Crippen LogP contribution in [-0.4, -0.2) is 48.3 Å². The SMILES string of the molecule is c1ccc(-c2ncc(CNCC3(N4CCCCC4)CCOCC3)s2)cc1. The molecule has 3 heterocycles. The van der Waals surface area contributed by atoms with Crippen LogP contribution in [0.15, 0.2) is 36.5 Å². The van der Waals surface area contributed by atoms with Crippen molar-refractivity contribution in [1.82, 2.24) is 15.2 Å². The van der Waals surface area contributed by atoms with Crippen LogP contribution in [-0.2, 0) is 11.3 Å². The smallest absolute Gasteiger partial charge is 0.123 e. The molecule has 0 bridgehead atoms. The Morgan fingerprint density at radius 2 is 1.85 bits per heavy atom. The highest BCUT2D eigenvalue weighted by Crippen LogP contribution is 2.31. The summed E-state index contributed by atoms with van der Waals surface area (Å²) >= 11 is 1.80. The summed E-state index contributed by atoms with van der Waals surface area (Å²) in [6, 6.07) is 10.4. The van der Waals surface area contributed by atoms with Crippen molar-refractivity contribution < 1.29 is 4.74 Å². The largest absolute Gasteiger partial charge is 0.381 e. The highest BCUT2D eigenvalue weighted by atomic mass is 32.1. The first-order valence-electron chi connectivity index (χ1n) is 9.89. The van der Waals surface area contributed by atoms with Crippen LogP contribution in [0, 0.1) is 0 Å². The van der Waals surface area contributed by atoms with E-state index in [4.69, 9.17) is 4.74 Å². The summed E-state index contributed by atoms with van der Waals surface area (Å²) in [6.07, 6.45) is 8.41. The van der Waals surface area contributed by atoms with Crippen LogP contribution < -0.4 is 5.32 Å². The molecule has 1 aromatic heterocycles. The third kappa shape index (κ3) is 4.17. The van der Waals surface area contributed by atoms with Gasteiger partial charge in [-0.3, -0.25) is 4.90 Å².